The summed E-state index contributed by atoms with van der Waals surface area (Å²) in [6.45, 7) is 2.52. The molecule has 32 heavy (non-hydrogen) atoms. The lowest BCUT2D eigenvalue weighted by Crippen LogP contribution is -2.47. The van der Waals surface area contributed by atoms with E-state index in [-0.39, 0.29) is 17.6 Å². The van der Waals surface area contributed by atoms with Crippen LogP contribution in [0.4, 0.5) is 4.39 Å². The highest BCUT2D eigenvalue weighted by Crippen LogP contribution is 2.43. The summed E-state index contributed by atoms with van der Waals surface area (Å²) in [6, 6.07) is 15.1. The number of fused-ring (bicyclic) bond motifs is 1. The number of hydrogen-bond donors (Lipinski definition) is 0. The molecule has 2 heterocycles. The summed E-state index contributed by atoms with van der Waals surface area (Å²) in [4.78, 5) is 20.1. The second-order valence-electron chi connectivity index (χ2n) is 9.25. The second-order valence-corrected chi connectivity index (χ2v) is 9.25. The zero-order valence-electron chi connectivity index (χ0n) is 18.3. The van der Waals surface area contributed by atoms with E-state index in [1.54, 1.807) is 12.1 Å². The van der Waals surface area contributed by atoms with E-state index in [1.807, 2.05) is 23.4 Å². The molecule has 0 radical (unpaired) electrons. The van der Waals surface area contributed by atoms with Crippen LogP contribution < -0.4 is 0 Å². The summed E-state index contributed by atoms with van der Waals surface area (Å²) in [5.41, 5.74) is 1.67. The van der Waals surface area contributed by atoms with Gasteiger partial charge in [0.2, 0.25) is 5.91 Å². The number of ether oxygens (including phenoxy) is 1. The molecule has 0 N–H and O–H groups in total. The van der Waals surface area contributed by atoms with E-state index in [0.717, 1.165) is 43.1 Å². The first-order valence-corrected chi connectivity index (χ1v) is 11.6. The number of rotatable bonds is 4. The maximum atomic E-state index is 13.9. The lowest BCUT2D eigenvalue weighted by Gasteiger charge is -2.35. The Hall–Kier alpha value is -2.79. The molecule has 166 valence electrons. The normalized spacial score (nSPS) is 20.9. The van der Waals surface area contributed by atoms with Crippen molar-refractivity contribution in [3.63, 3.8) is 0 Å². The number of hydrogen-bond acceptors (Lipinski definition) is 3. The van der Waals surface area contributed by atoms with Gasteiger partial charge < -0.3 is 9.64 Å². The summed E-state index contributed by atoms with van der Waals surface area (Å²) in [6.07, 6.45) is 8.29. The van der Waals surface area contributed by atoms with Crippen LogP contribution in [0.3, 0.4) is 0 Å². The van der Waals surface area contributed by atoms with Crippen LogP contribution in [0.5, 0.6) is 0 Å². The van der Waals surface area contributed by atoms with Crippen LogP contribution in [-0.2, 0) is 21.4 Å². The van der Waals surface area contributed by atoms with Crippen LogP contribution >= 0.6 is 0 Å². The van der Waals surface area contributed by atoms with Gasteiger partial charge in [0.25, 0.3) is 0 Å². The van der Waals surface area contributed by atoms with Gasteiger partial charge in [-0.05, 0) is 54.0 Å². The Bertz CT molecular complexity index is 1090. The van der Waals surface area contributed by atoms with E-state index in [2.05, 4.69) is 23.2 Å². The Kier molecular flexibility index (Phi) is 5.92. The van der Waals surface area contributed by atoms with E-state index >= 15 is 0 Å². The van der Waals surface area contributed by atoms with Gasteiger partial charge in [-0.15, -0.1) is 0 Å². The minimum atomic E-state index is -0.529. The van der Waals surface area contributed by atoms with Crippen LogP contribution in [0.25, 0.3) is 10.8 Å². The summed E-state index contributed by atoms with van der Waals surface area (Å²) < 4.78 is 19.5. The SMILES string of the molecule is O=C(N1CCOCC(Cc2ccc3cnccc3c2)C1)C1(c2ccc(F)cc2)CCCC1. The summed E-state index contributed by atoms with van der Waals surface area (Å²) in [7, 11) is 0. The number of carbonyl (C=O) groups is 1. The molecule has 5 rings (SSSR count). The molecule has 1 aliphatic heterocycles. The highest BCUT2D eigenvalue weighted by atomic mass is 19.1. The van der Waals surface area contributed by atoms with Crippen molar-refractivity contribution in [2.75, 3.05) is 26.3 Å². The molecule has 1 unspecified atom stereocenters. The molecule has 4 nitrogen and oxygen atoms in total. The monoisotopic (exact) mass is 432 g/mol. The minimum Gasteiger partial charge on any atom is -0.379 e. The summed E-state index contributed by atoms with van der Waals surface area (Å²) in [5.74, 6) is 0.165. The van der Waals surface area contributed by atoms with E-state index in [1.165, 1.54) is 23.1 Å². The van der Waals surface area contributed by atoms with Gasteiger partial charge in [0.1, 0.15) is 5.82 Å². The van der Waals surface area contributed by atoms with E-state index in [4.69, 9.17) is 4.74 Å². The van der Waals surface area contributed by atoms with Crippen LogP contribution in [0.2, 0.25) is 0 Å². The molecule has 1 aromatic heterocycles. The Labute approximate surface area is 188 Å². The number of nitrogens with zero attached hydrogens (tertiary/aromatic N) is 2. The third-order valence-electron chi connectivity index (χ3n) is 7.12. The lowest BCUT2D eigenvalue weighted by molar-refractivity contribution is -0.137. The molecule has 5 heteroatoms. The largest absolute Gasteiger partial charge is 0.379 e. The molecule has 1 atom stereocenters. The number of carbonyl (C=O) groups excluding carboxylic acids is 1. The van der Waals surface area contributed by atoms with Crippen LogP contribution in [-0.4, -0.2) is 42.1 Å². The number of amides is 1. The smallest absolute Gasteiger partial charge is 0.233 e. The Morgan fingerprint density at radius 2 is 1.91 bits per heavy atom. The fourth-order valence-corrected chi connectivity index (χ4v) is 5.46. The molecular weight excluding hydrogens is 403 g/mol. The fourth-order valence-electron chi connectivity index (χ4n) is 5.46. The molecule has 0 bridgehead atoms. The van der Waals surface area contributed by atoms with Crippen LogP contribution in [0.1, 0.15) is 36.8 Å². The first kappa shape index (κ1) is 21.1. The highest BCUT2D eigenvalue weighted by molar-refractivity contribution is 5.88. The molecule has 2 aromatic carbocycles. The van der Waals surface area contributed by atoms with Gasteiger partial charge in [-0.2, -0.15) is 0 Å². The molecule has 0 spiro atoms. The second kappa shape index (κ2) is 8.99. The molecule has 3 aromatic rings. The number of pyridine rings is 1. The van der Waals surface area contributed by atoms with Gasteiger partial charge >= 0.3 is 0 Å². The van der Waals surface area contributed by atoms with Crippen molar-refractivity contribution in [1.29, 1.82) is 0 Å². The average Bonchev–Trinajstić information content (AvgIpc) is 3.20. The maximum Gasteiger partial charge on any atom is 0.233 e. The summed E-state index contributed by atoms with van der Waals surface area (Å²) in [5, 5.41) is 2.31. The van der Waals surface area contributed by atoms with Gasteiger partial charge in [0.05, 0.1) is 18.6 Å². The van der Waals surface area contributed by atoms with Crippen molar-refractivity contribution in [1.82, 2.24) is 9.88 Å². The standard InChI is InChI=1S/C27H29FN2O2/c28-25-7-5-24(6-8-25)27(10-1-2-11-27)26(31)30-13-14-32-19-21(18-30)15-20-3-4-23-17-29-12-9-22(23)16-20/h3-9,12,16-17,21H,1-2,10-11,13-15,18-19H2. The van der Waals surface area contributed by atoms with Crippen molar-refractivity contribution in [3.8, 4) is 0 Å². The number of halogens is 1. The molecule has 1 amide bonds. The van der Waals surface area contributed by atoms with Gasteiger partial charge in [-0.1, -0.05) is 43.2 Å². The van der Waals surface area contributed by atoms with Gasteiger partial charge in [-0.3, -0.25) is 9.78 Å². The maximum absolute atomic E-state index is 13.9. The Morgan fingerprint density at radius 3 is 2.72 bits per heavy atom. The van der Waals surface area contributed by atoms with Crippen LogP contribution in [0.15, 0.2) is 60.9 Å². The van der Waals surface area contributed by atoms with Crippen molar-refractivity contribution < 1.29 is 13.9 Å². The van der Waals surface area contributed by atoms with Gasteiger partial charge in [0, 0.05) is 36.8 Å². The Balaban J connectivity index is 1.36. The Morgan fingerprint density at radius 1 is 1.09 bits per heavy atom. The predicted octanol–water partition coefficient (Wildman–Crippen LogP) is 4.90. The molecule has 1 aliphatic carbocycles. The predicted molar refractivity (Wildman–Crippen MR) is 123 cm³/mol. The van der Waals surface area contributed by atoms with Gasteiger partial charge in [0.15, 0.2) is 0 Å². The molecule has 2 fully saturated rings. The van der Waals surface area contributed by atoms with Crippen molar-refractivity contribution in [2.24, 2.45) is 5.92 Å². The van der Waals surface area contributed by atoms with Crippen molar-refractivity contribution >= 4 is 16.7 Å². The zero-order chi connectivity index (χ0) is 22.0. The molecular formula is C27H29FN2O2. The number of aromatic nitrogens is 1. The lowest BCUT2D eigenvalue weighted by atomic mass is 9.77. The quantitative estimate of drug-likeness (QED) is 0.589. The van der Waals surface area contributed by atoms with E-state index in [0.29, 0.717) is 26.3 Å². The third kappa shape index (κ3) is 4.14. The fraction of sp³-hybridized carbons (Fsp3) is 0.407. The first-order chi connectivity index (χ1) is 15.6. The molecule has 1 saturated heterocycles. The van der Waals surface area contributed by atoms with E-state index < -0.39 is 5.41 Å². The zero-order valence-corrected chi connectivity index (χ0v) is 18.3. The molecule has 1 saturated carbocycles. The highest BCUT2D eigenvalue weighted by Gasteiger charge is 2.45. The molecule has 2 aliphatic rings. The first-order valence-electron chi connectivity index (χ1n) is 11.6. The van der Waals surface area contributed by atoms with Crippen molar-refractivity contribution in [3.05, 3.63) is 77.9 Å². The third-order valence-corrected chi connectivity index (χ3v) is 7.12. The summed E-state index contributed by atoms with van der Waals surface area (Å²) >= 11 is 0. The number of benzene rings is 2. The average molecular weight is 433 g/mol. The van der Waals surface area contributed by atoms with E-state index in [9.17, 15) is 9.18 Å². The topological polar surface area (TPSA) is 42.4 Å². The minimum absolute atomic E-state index is 0.182. The van der Waals surface area contributed by atoms with Crippen LogP contribution in [0, 0.1) is 11.7 Å². The van der Waals surface area contributed by atoms with Gasteiger partial charge in [-0.25, -0.2) is 4.39 Å². The van der Waals surface area contributed by atoms with Crippen molar-refractivity contribution in [2.45, 2.75) is 37.5 Å².